The average molecular weight is 402 g/mol. The van der Waals surface area contributed by atoms with Crippen LogP contribution in [0.25, 0.3) is 33.2 Å². The van der Waals surface area contributed by atoms with Crippen molar-refractivity contribution in [3.05, 3.63) is 120 Å². The lowest BCUT2D eigenvalue weighted by atomic mass is 10.1. The van der Waals surface area contributed by atoms with Crippen molar-refractivity contribution in [2.75, 3.05) is 6.54 Å². The van der Waals surface area contributed by atoms with Crippen molar-refractivity contribution in [2.45, 2.75) is 6.17 Å². The molecule has 1 unspecified atom stereocenters. The molecule has 1 aliphatic heterocycles. The number of fused-ring (bicyclic) bond motifs is 3. The highest BCUT2D eigenvalue weighted by molar-refractivity contribution is 6.09. The van der Waals surface area contributed by atoms with Crippen molar-refractivity contribution in [1.29, 1.82) is 0 Å². The van der Waals surface area contributed by atoms with E-state index in [9.17, 15) is 0 Å². The van der Waals surface area contributed by atoms with E-state index in [1.807, 2.05) is 0 Å². The Bertz CT molecular complexity index is 1340. The summed E-state index contributed by atoms with van der Waals surface area (Å²) in [6, 6.07) is 36.6. The van der Waals surface area contributed by atoms with Gasteiger partial charge in [-0.15, -0.1) is 0 Å². The lowest BCUT2D eigenvalue weighted by Crippen LogP contribution is -2.37. The third-order valence-electron chi connectivity index (χ3n) is 6.08. The molecule has 0 amide bonds. The van der Waals surface area contributed by atoms with Crippen molar-refractivity contribution in [3.8, 4) is 5.69 Å². The van der Waals surface area contributed by atoms with Gasteiger partial charge in [0.1, 0.15) is 6.17 Å². The zero-order valence-electron chi connectivity index (χ0n) is 17.1. The van der Waals surface area contributed by atoms with Crippen LogP contribution < -0.4 is 10.6 Å². The summed E-state index contributed by atoms with van der Waals surface area (Å²) in [5, 5.41) is 9.77. The second-order valence-electron chi connectivity index (χ2n) is 7.93. The highest BCUT2D eigenvalue weighted by Gasteiger charge is 2.17. The SMILES string of the molecule is C1=C(c2ccccc2)NC(c2ccc(-n3c4ccccc4c4ccccc43)cc2)NC1. The van der Waals surface area contributed by atoms with E-state index in [0.717, 1.165) is 6.54 Å². The maximum Gasteiger partial charge on any atom is 0.103 e. The Balaban J connectivity index is 1.36. The summed E-state index contributed by atoms with van der Waals surface area (Å²) in [7, 11) is 0. The predicted molar refractivity (Wildman–Crippen MR) is 129 cm³/mol. The van der Waals surface area contributed by atoms with E-state index >= 15 is 0 Å². The van der Waals surface area contributed by atoms with E-state index in [-0.39, 0.29) is 6.17 Å². The first kappa shape index (κ1) is 18.0. The van der Waals surface area contributed by atoms with Gasteiger partial charge in [0, 0.05) is 28.7 Å². The van der Waals surface area contributed by atoms with Crippen LogP contribution in [0.1, 0.15) is 17.3 Å². The van der Waals surface area contributed by atoms with E-state index in [1.54, 1.807) is 0 Å². The van der Waals surface area contributed by atoms with Crippen LogP contribution in [0.5, 0.6) is 0 Å². The van der Waals surface area contributed by atoms with E-state index in [1.165, 1.54) is 44.3 Å². The molecular weight excluding hydrogens is 378 g/mol. The Kier molecular flexibility index (Phi) is 4.33. The summed E-state index contributed by atoms with van der Waals surface area (Å²) in [4.78, 5) is 0. The molecule has 0 saturated heterocycles. The number of para-hydroxylation sites is 2. The van der Waals surface area contributed by atoms with Gasteiger partial charge in [-0.25, -0.2) is 0 Å². The zero-order valence-corrected chi connectivity index (χ0v) is 17.1. The molecule has 4 aromatic carbocycles. The quantitative estimate of drug-likeness (QED) is 0.387. The summed E-state index contributed by atoms with van der Waals surface area (Å²) in [6.07, 6.45) is 2.30. The van der Waals surface area contributed by atoms with Gasteiger partial charge in [0.15, 0.2) is 0 Å². The number of aromatic nitrogens is 1. The molecule has 0 saturated carbocycles. The van der Waals surface area contributed by atoms with Gasteiger partial charge in [-0.05, 0) is 41.5 Å². The molecule has 31 heavy (non-hydrogen) atoms. The van der Waals surface area contributed by atoms with Gasteiger partial charge in [0.2, 0.25) is 0 Å². The van der Waals surface area contributed by atoms with E-state index in [0.29, 0.717) is 0 Å². The normalized spacial score (nSPS) is 16.3. The number of benzene rings is 4. The Morgan fingerprint density at radius 1 is 0.645 bits per heavy atom. The van der Waals surface area contributed by atoms with E-state index in [2.05, 4.69) is 124 Å². The summed E-state index contributed by atoms with van der Waals surface area (Å²) in [6.45, 7) is 0.844. The van der Waals surface area contributed by atoms with Crippen LogP contribution in [0.3, 0.4) is 0 Å². The first-order chi connectivity index (χ1) is 15.4. The second-order valence-corrected chi connectivity index (χ2v) is 7.93. The van der Waals surface area contributed by atoms with Crippen LogP contribution in [0.4, 0.5) is 0 Å². The molecule has 0 aliphatic carbocycles. The minimum absolute atomic E-state index is 0.0902. The minimum atomic E-state index is 0.0902. The first-order valence-electron chi connectivity index (χ1n) is 10.7. The van der Waals surface area contributed by atoms with Gasteiger partial charge in [-0.3, -0.25) is 5.32 Å². The molecular formula is C28H23N3. The molecule has 3 heteroatoms. The molecule has 2 N–H and O–H groups in total. The number of rotatable bonds is 3. The minimum Gasteiger partial charge on any atom is -0.366 e. The fourth-order valence-electron chi connectivity index (χ4n) is 4.58. The van der Waals surface area contributed by atoms with Crippen molar-refractivity contribution in [3.63, 3.8) is 0 Å². The molecule has 0 bridgehead atoms. The van der Waals surface area contributed by atoms with E-state index in [4.69, 9.17) is 0 Å². The Morgan fingerprint density at radius 2 is 1.26 bits per heavy atom. The van der Waals surface area contributed by atoms with Crippen molar-refractivity contribution in [2.24, 2.45) is 0 Å². The largest absolute Gasteiger partial charge is 0.366 e. The predicted octanol–water partition coefficient (Wildman–Crippen LogP) is 6.02. The van der Waals surface area contributed by atoms with Crippen molar-refractivity contribution >= 4 is 27.5 Å². The topological polar surface area (TPSA) is 29.0 Å². The van der Waals surface area contributed by atoms with Crippen LogP contribution in [0.15, 0.2) is 109 Å². The smallest absolute Gasteiger partial charge is 0.103 e. The monoisotopic (exact) mass is 401 g/mol. The first-order valence-corrected chi connectivity index (χ1v) is 10.7. The standard InChI is InChI=1S/C28H23N3/c1-2-8-20(9-3-1)25-18-19-29-28(30-25)21-14-16-22(17-15-21)31-26-12-6-4-10-23(26)24-11-5-7-13-27(24)31/h1-18,28-30H,19H2. The molecule has 1 atom stereocenters. The lowest BCUT2D eigenvalue weighted by molar-refractivity contribution is 0.509. The molecule has 3 nitrogen and oxygen atoms in total. The third-order valence-corrected chi connectivity index (χ3v) is 6.08. The average Bonchev–Trinajstić information content (AvgIpc) is 3.19. The van der Waals surface area contributed by atoms with Gasteiger partial charge in [0.25, 0.3) is 0 Å². The molecule has 0 fully saturated rings. The Hall–Kier alpha value is -3.82. The van der Waals surface area contributed by atoms with Gasteiger partial charge in [-0.2, -0.15) is 0 Å². The molecule has 1 aromatic heterocycles. The fourth-order valence-corrected chi connectivity index (χ4v) is 4.58. The number of hydrogen-bond acceptors (Lipinski definition) is 2. The number of hydrogen-bond donors (Lipinski definition) is 2. The van der Waals surface area contributed by atoms with Crippen molar-refractivity contribution < 1.29 is 0 Å². The molecule has 0 spiro atoms. The maximum absolute atomic E-state index is 3.64. The number of nitrogens with zero attached hydrogens (tertiary/aromatic N) is 1. The van der Waals surface area contributed by atoms with Gasteiger partial charge >= 0.3 is 0 Å². The highest BCUT2D eigenvalue weighted by Crippen LogP contribution is 2.32. The Labute approximate surface area is 181 Å². The van der Waals surface area contributed by atoms with Crippen molar-refractivity contribution in [1.82, 2.24) is 15.2 Å². The second kappa shape index (κ2) is 7.46. The van der Waals surface area contributed by atoms with Crippen LogP contribution in [-0.2, 0) is 0 Å². The molecule has 5 aromatic rings. The van der Waals surface area contributed by atoms with Crippen LogP contribution in [-0.4, -0.2) is 11.1 Å². The summed E-state index contributed by atoms with van der Waals surface area (Å²) >= 11 is 0. The molecule has 2 heterocycles. The van der Waals surface area contributed by atoms with Crippen LogP contribution in [0.2, 0.25) is 0 Å². The third kappa shape index (κ3) is 3.11. The number of nitrogens with one attached hydrogen (secondary N) is 2. The summed E-state index contributed by atoms with van der Waals surface area (Å²) in [5.74, 6) is 0. The Morgan fingerprint density at radius 3 is 1.94 bits per heavy atom. The molecule has 6 rings (SSSR count). The maximum atomic E-state index is 3.64. The lowest BCUT2D eigenvalue weighted by Gasteiger charge is -2.27. The molecule has 1 aliphatic rings. The fraction of sp³-hybridized carbons (Fsp3) is 0.0714. The zero-order chi connectivity index (χ0) is 20.6. The van der Waals surface area contributed by atoms with E-state index < -0.39 is 0 Å². The molecule has 0 radical (unpaired) electrons. The molecule has 150 valence electrons. The van der Waals surface area contributed by atoms with Gasteiger partial charge < -0.3 is 9.88 Å². The van der Waals surface area contributed by atoms with Crippen LogP contribution >= 0.6 is 0 Å². The summed E-state index contributed by atoms with van der Waals surface area (Å²) in [5.41, 5.74) is 7.27. The van der Waals surface area contributed by atoms with Gasteiger partial charge in [0.05, 0.1) is 11.0 Å². The summed E-state index contributed by atoms with van der Waals surface area (Å²) < 4.78 is 2.35. The van der Waals surface area contributed by atoms with Crippen LogP contribution in [0, 0.1) is 0 Å². The highest BCUT2D eigenvalue weighted by atomic mass is 15.1. The van der Waals surface area contributed by atoms with Gasteiger partial charge in [-0.1, -0.05) is 78.9 Å².